The second kappa shape index (κ2) is 3.74. The van der Waals surface area contributed by atoms with E-state index < -0.39 is 0 Å². The van der Waals surface area contributed by atoms with Gasteiger partial charge >= 0.3 is 0 Å². The first kappa shape index (κ1) is 11.4. The molecule has 0 radical (unpaired) electrons. The molecule has 2 heteroatoms. The van der Waals surface area contributed by atoms with E-state index >= 15 is 0 Å². The van der Waals surface area contributed by atoms with E-state index in [2.05, 4.69) is 32.6 Å². The lowest BCUT2D eigenvalue weighted by Crippen LogP contribution is -2.52. The first-order valence-electron chi connectivity index (χ1n) is 6.41. The van der Waals surface area contributed by atoms with Crippen LogP contribution >= 0.6 is 0 Å². The molecule has 0 bridgehead atoms. The minimum Gasteiger partial charge on any atom is -0.327 e. The number of nitrogens with zero attached hydrogens (tertiary/aromatic N) is 1. The highest BCUT2D eigenvalue weighted by molar-refractivity contribution is 4.98. The van der Waals surface area contributed by atoms with Crippen LogP contribution in [0.25, 0.3) is 0 Å². The summed E-state index contributed by atoms with van der Waals surface area (Å²) in [7, 11) is 0. The van der Waals surface area contributed by atoms with E-state index in [-0.39, 0.29) is 0 Å². The fourth-order valence-electron chi connectivity index (χ4n) is 2.90. The minimum absolute atomic E-state index is 0.420. The Labute approximate surface area is 94.2 Å². The zero-order valence-electron chi connectivity index (χ0n) is 10.7. The molecule has 1 heterocycles. The largest absolute Gasteiger partial charge is 0.327 e. The van der Waals surface area contributed by atoms with Gasteiger partial charge in [0.15, 0.2) is 0 Å². The molecule has 4 atom stereocenters. The topological polar surface area (TPSA) is 29.3 Å². The monoisotopic (exact) mass is 210 g/mol. The average Bonchev–Trinajstić information content (AvgIpc) is 2.75. The second-order valence-corrected chi connectivity index (χ2v) is 6.44. The van der Waals surface area contributed by atoms with Crippen molar-refractivity contribution in [2.45, 2.75) is 52.6 Å². The van der Waals surface area contributed by atoms with E-state index in [9.17, 15) is 0 Å². The Morgan fingerprint density at radius 1 is 1.33 bits per heavy atom. The van der Waals surface area contributed by atoms with Crippen molar-refractivity contribution in [3.63, 3.8) is 0 Å². The smallest absolute Gasteiger partial charge is 0.0107 e. The third kappa shape index (κ3) is 2.21. The van der Waals surface area contributed by atoms with Gasteiger partial charge in [-0.05, 0) is 43.6 Å². The molecule has 88 valence electrons. The Kier molecular flexibility index (Phi) is 2.85. The standard InChI is InChI=1S/C13H26N2/c1-9-10(2)15(6-5-12(9)14)8-11-7-13(11,3)4/h9-12H,5-8,14H2,1-4H3. The van der Waals surface area contributed by atoms with Gasteiger partial charge in [0.05, 0.1) is 0 Å². The summed E-state index contributed by atoms with van der Waals surface area (Å²) in [5, 5.41) is 0. The third-order valence-electron chi connectivity index (χ3n) is 4.93. The Bertz CT molecular complexity index is 237. The van der Waals surface area contributed by atoms with Crippen LogP contribution in [-0.4, -0.2) is 30.1 Å². The summed E-state index contributed by atoms with van der Waals surface area (Å²) in [5.41, 5.74) is 6.72. The summed E-state index contributed by atoms with van der Waals surface area (Å²) in [4.78, 5) is 2.66. The number of hydrogen-bond acceptors (Lipinski definition) is 2. The Morgan fingerprint density at radius 3 is 2.47 bits per heavy atom. The van der Waals surface area contributed by atoms with Gasteiger partial charge in [-0.1, -0.05) is 20.8 Å². The van der Waals surface area contributed by atoms with Gasteiger partial charge in [-0.15, -0.1) is 0 Å². The molecule has 2 fully saturated rings. The Balaban J connectivity index is 1.88. The van der Waals surface area contributed by atoms with Crippen molar-refractivity contribution in [1.82, 2.24) is 4.90 Å². The van der Waals surface area contributed by atoms with Crippen molar-refractivity contribution in [3.8, 4) is 0 Å². The van der Waals surface area contributed by atoms with Gasteiger partial charge in [-0.25, -0.2) is 0 Å². The lowest BCUT2D eigenvalue weighted by Gasteiger charge is -2.41. The maximum atomic E-state index is 6.10. The van der Waals surface area contributed by atoms with Crippen molar-refractivity contribution >= 4 is 0 Å². The first-order chi connectivity index (χ1) is 6.92. The van der Waals surface area contributed by atoms with E-state index in [1.165, 1.54) is 25.9 Å². The Hall–Kier alpha value is -0.0800. The molecular weight excluding hydrogens is 184 g/mol. The average molecular weight is 210 g/mol. The lowest BCUT2D eigenvalue weighted by atomic mass is 9.87. The molecular formula is C13H26N2. The van der Waals surface area contributed by atoms with Gasteiger partial charge in [0.1, 0.15) is 0 Å². The summed E-state index contributed by atoms with van der Waals surface area (Å²) in [6, 6.07) is 1.09. The minimum atomic E-state index is 0.420. The molecule has 1 aliphatic heterocycles. The molecule has 2 aliphatic rings. The molecule has 1 saturated heterocycles. The van der Waals surface area contributed by atoms with Crippen LogP contribution in [0.2, 0.25) is 0 Å². The molecule has 0 aromatic carbocycles. The zero-order chi connectivity index (χ0) is 11.2. The van der Waals surface area contributed by atoms with Crippen molar-refractivity contribution in [3.05, 3.63) is 0 Å². The molecule has 1 saturated carbocycles. The molecule has 0 spiro atoms. The summed E-state index contributed by atoms with van der Waals surface area (Å²) in [5.74, 6) is 1.59. The van der Waals surface area contributed by atoms with Crippen LogP contribution in [0.5, 0.6) is 0 Å². The third-order valence-corrected chi connectivity index (χ3v) is 4.93. The van der Waals surface area contributed by atoms with Gasteiger partial charge in [-0.2, -0.15) is 0 Å². The molecule has 1 aliphatic carbocycles. The number of hydrogen-bond donors (Lipinski definition) is 1. The number of likely N-dealkylation sites (tertiary alicyclic amines) is 1. The van der Waals surface area contributed by atoms with Gasteiger partial charge in [0.2, 0.25) is 0 Å². The van der Waals surface area contributed by atoms with Crippen LogP contribution in [-0.2, 0) is 0 Å². The molecule has 2 nitrogen and oxygen atoms in total. The number of rotatable bonds is 2. The summed E-state index contributed by atoms with van der Waals surface area (Å²) < 4.78 is 0. The highest BCUT2D eigenvalue weighted by Gasteiger charge is 2.47. The van der Waals surface area contributed by atoms with Crippen LogP contribution in [0.4, 0.5) is 0 Å². The maximum absolute atomic E-state index is 6.10. The molecule has 2 N–H and O–H groups in total. The summed E-state index contributed by atoms with van der Waals surface area (Å²) in [6.45, 7) is 11.9. The van der Waals surface area contributed by atoms with Crippen molar-refractivity contribution in [2.24, 2.45) is 23.0 Å². The normalized spacial score (nSPS) is 45.4. The fraction of sp³-hybridized carbons (Fsp3) is 1.00. The van der Waals surface area contributed by atoms with Gasteiger partial charge < -0.3 is 5.73 Å². The van der Waals surface area contributed by atoms with E-state index in [0.29, 0.717) is 23.4 Å². The lowest BCUT2D eigenvalue weighted by molar-refractivity contribution is 0.0897. The maximum Gasteiger partial charge on any atom is 0.0107 e. The van der Waals surface area contributed by atoms with E-state index in [4.69, 9.17) is 5.73 Å². The van der Waals surface area contributed by atoms with Gasteiger partial charge in [-0.3, -0.25) is 4.90 Å². The highest BCUT2D eigenvalue weighted by Crippen LogP contribution is 2.52. The Morgan fingerprint density at radius 2 is 1.93 bits per heavy atom. The SMILES string of the molecule is CC1C(N)CCN(CC2CC2(C)C)C1C. The fourth-order valence-corrected chi connectivity index (χ4v) is 2.90. The zero-order valence-corrected chi connectivity index (χ0v) is 10.7. The van der Waals surface area contributed by atoms with Gasteiger partial charge in [0.25, 0.3) is 0 Å². The van der Waals surface area contributed by atoms with Crippen molar-refractivity contribution in [2.75, 3.05) is 13.1 Å². The quantitative estimate of drug-likeness (QED) is 0.756. The number of piperidine rings is 1. The van der Waals surface area contributed by atoms with Crippen LogP contribution in [0.1, 0.15) is 40.5 Å². The summed E-state index contributed by atoms with van der Waals surface area (Å²) >= 11 is 0. The van der Waals surface area contributed by atoms with Crippen LogP contribution in [0.15, 0.2) is 0 Å². The molecule has 0 aromatic rings. The molecule has 4 unspecified atom stereocenters. The number of nitrogens with two attached hydrogens (primary N) is 1. The molecule has 2 rings (SSSR count). The van der Waals surface area contributed by atoms with Gasteiger partial charge in [0, 0.05) is 18.6 Å². The predicted molar refractivity (Wildman–Crippen MR) is 64.7 cm³/mol. The predicted octanol–water partition coefficient (Wildman–Crippen LogP) is 2.09. The molecule has 0 amide bonds. The van der Waals surface area contributed by atoms with Crippen LogP contribution < -0.4 is 5.73 Å². The second-order valence-electron chi connectivity index (χ2n) is 6.44. The molecule has 15 heavy (non-hydrogen) atoms. The van der Waals surface area contributed by atoms with Crippen LogP contribution in [0.3, 0.4) is 0 Å². The van der Waals surface area contributed by atoms with Crippen molar-refractivity contribution in [1.29, 1.82) is 0 Å². The van der Waals surface area contributed by atoms with E-state index in [1.807, 2.05) is 0 Å². The summed E-state index contributed by atoms with van der Waals surface area (Å²) in [6.07, 6.45) is 2.59. The van der Waals surface area contributed by atoms with E-state index in [0.717, 1.165) is 5.92 Å². The van der Waals surface area contributed by atoms with E-state index in [1.54, 1.807) is 0 Å². The van der Waals surface area contributed by atoms with Crippen LogP contribution in [0, 0.1) is 17.3 Å². The van der Waals surface area contributed by atoms with Crippen molar-refractivity contribution < 1.29 is 0 Å². The molecule has 0 aromatic heterocycles. The first-order valence-corrected chi connectivity index (χ1v) is 6.41. The highest BCUT2D eigenvalue weighted by atomic mass is 15.2.